The number of pyridine rings is 1. The average Bonchev–Trinajstić information content (AvgIpc) is 3.04. The Kier molecular flexibility index (Phi) is 4.42. The standard InChI is InChI=1S/C17H15N4O2/c18-16(22)13-9-5-11-19-15(13)17-20-14(23-21-17)10-4-8-12-6-2-1-3-7-12/h1-3,5-7,9-11H,4,8H2,(H2,18,22). The van der Waals surface area contributed by atoms with E-state index >= 15 is 0 Å². The van der Waals surface area contributed by atoms with Gasteiger partial charge in [-0.25, -0.2) is 0 Å². The van der Waals surface area contributed by atoms with Gasteiger partial charge in [0.05, 0.1) is 12.0 Å². The fourth-order valence-electron chi connectivity index (χ4n) is 2.20. The number of benzene rings is 1. The Bertz CT molecular complexity index is 799. The Morgan fingerprint density at radius 3 is 2.78 bits per heavy atom. The molecule has 0 aliphatic heterocycles. The molecule has 1 aromatic carbocycles. The van der Waals surface area contributed by atoms with Crippen molar-refractivity contribution in [2.45, 2.75) is 12.8 Å². The van der Waals surface area contributed by atoms with Crippen LogP contribution < -0.4 is 5.73 Å². The molecule has 0 spiro atoms. The first-order chi connectivity index (χ1) is 11.2. The number of rotatable bonds is 6. The first kappa shape index (κ1) is 14.9. The Hall–Kier alpha value is -3.02. The normalized spacial score (nSPS) is 10.6. The molecule has 0 unspecified atom stereocenters. The number of aryl methyl sites for hydroxylation is 1. The van der Waals surface area contributed by atoms with Gasteiger partial charge in [-0.2, -0.15) is 4.98 Å². The lowest BCUT2D eigenvalue weighted by Crippen LogP contribution is -2.13. The van der Waals surface area contributed by atoms with Crippen LogP contribution in [-0.4, -0.2) is 21.0 Å². The van der Waals surface area contributed by atoms with Crippen LogP contribution in [0, 0.1) is 6.42 Å². The third-order valence-electron chi connectivity index (χ3n) is 3.32. The molecule has 23 heavy (non-hydrogen) atoms. The third kappa shape index (κ3) is 3.60. The van der Waals surface area contributed by atoms with Crippen molar-refractivity contribution in [2.24, 2.45) is 5.73 Å². The molecule has 0 aliphatic rings. The molecular formula is C17H15N4O2. The van der Waals surface area contributed by atoms with Crippen LogP contribution in [0.1, 0.15) is 28.2 Å². The van der Waals surface area contributed by atoms with Crippen molar-refractivity contribution < 1.29 is 9.32 Å². The summed E-state index contributed by atoms with van der Waals surface area (Å²) in [5.41, 5.74) is 7.16. The van der Waals surface area contributed by atoms with Gasteiger partial charge in [-0.05, 0) is 30.5 Å². The summed E-state index contributed by atoms with van der Waals surface area (Å²) < 4.78 is 5.18. The molecule has 3 aromatic rings. The average molecular weight is 307 g/mol. The Morgan fingerprint density at radius 1 is 1.17 bits per heavy atom. The maximum atomic E-state index is 11.4. The van der Waals surface area contributed by atoms with Gasteiger partial charge < -0.3 is 10.3 Å². The fourth-order valence-corrected chi connectivity index (χ4v) is 2.20. The maximum absolute atomic E-state index is 11.4. The van der Waals surface area contributed by atoms with E-state index < -0.39 is 5.91 Å². The van der Waals surface area contributed by atoms with Crippen molar-refractivity contribution >= 4 is 5.91 Å². The molecule has 1 amide bonds. The topological polar surface area (TPSA) is 94.9 Å². The van der Waals surface area contributed by atoms with E-state index in [1.165, 1.54) is 5.56 Å². The predicted molar refractivity (Wildman–Crippen MR) is 84.2 cm³/mol. The van der Waals surface area contributed by atoms with Crippen molar-refractivity contribution in [3.05, 3.63) is 72.1 Å². The summed E-state index contributed by atoms with van der Waals surface area (Å²) in [7, 11) is 0. The van der Waals surface area contributed by atoms with Crippen molar-refractivity contribution in [2.75, 3.05) is 0 Å². The highest BCUT2D eigenvalue weighted by Crippen LogP contribution is 2.18. The summed E-state index contributed by atoms with van der Waals surface area (Å²) in [5.74, 6) is 0.0786. The number of primary amides is 1. The summed E-state index contributed by atoms with van der Waals surface area (Å²) in [4.78, 5) is 19.8. The quantitative estimate of drug-likeness (QED) is 0.754. The first-order valence-electron chi connectivity index (χ1n) is 7.20. The van der Waals surface area contributed by atoms with Gasteiger partial charge in [-0.3, -0.25) is 9.78 Å². The second-order valence-corrected chi connectivity index (χ2v) is 4.95. The summed E-state index contributed by atoms with van der Waals surface area (Å²) in [6.45, 7) is 0. The zero-order chi connectivity index (χ0) is 16.1. The van der Waals surface area contributed by atoms with E-state index in [0.29, 0.717) is 11.6 Å². The second-order valence-electron chi connectivity index (χ2n) is 4.95. The highest BCUT2D eigenvalue weighted by Gasteiger charge is 2.16. The molecule has 0 fully saturated rings. The molecule has 2 aromatic heterocycles. The molecule has 0 bridgehead atoms. The first-order valence-corrected chi connectivity index (χ1v) is 7.20. The predicted octanol–water partition coefficient (Wildman–Crippen LogP) is 2.42. The number of nitrogens with two attached hydrogens (primary N) is 1. The second kappa shape index (κ2) is 6.83. The minimum Gasteiger partial charge on any atom is -0.366 e. The summed E-state index contributed by atoms with van der Waals surface area (Å²) in [6, 6.07) is 13.4. The van der Waals surface area contributed by atoms with E-state index in [9.17, 15) is 4.79 Å². The number of aromatic nitrogens is 3. The third-order valence-corrected chi connectivity index (χ3v) is 3.32. The number of nitrogens with zero attached hydrogens (tertiary/aromatic N) is 3. The van der Waals surface area contributed by atoms with Gasteiger partial charge in [0.15, 0.2) is 0 Å². The largest absolute Gasteiger partial charge is 0.366 e. The Morgan fingerprint density at radius 2 is 2.00 bits per heavy atom. The molecule has 2 N–H and O–H groups in total. The van der Waals surface area contributed by atoms with Crippen LogP contribution in [0.5, 0.6) is 0 Å². The van der Waals surface area contributed by atoms with Crippen LogP contribution >= 0.6 is 0 Å². The van der Waals surface area contributed by atoms with Gasteiger partial charge in [0.2, 0.25) is 11.7 Å². The summed E-state index contributed by atoms with van der Waals surface area (Å²) >= 11 is 0. The highest BCUT2D eigenvalue weighted by atomic mass is 16.5. The van der Waals surface area contributed by atoms with E-state index in [0.717, 1.165) is 12.8 Å². The highest BCUT2D eigenvalue weighted by molar-refractivity contribution is 5.97. The van der Waals surface area contributed by atoms with Crippen molar-refractivity contribution in [3.63, 3.8) is 0 Å². The maximum Gasteiger partial charge on any atom is 0.251 e. The number of amides is 1. The van der Waals surface area contributed by atoms with Gasteiger partial charge in [-0.1, -0.05) is 35.5 Å². The van der Waals surface area contributed by atoms with Crippen molar-refractivity contribution in [1.82, 2.24) is 15.1 Å². The molecule has 6 nitrogen and oxygen atoms in total. The van der Waals surface area contributed by atoms with E-state index in [4.69, 9.17) is 10.3 Å². The van der Waals surface area contributed by atoms with E-state index in [1.54, 1.807) is 18.3 Å². The van der Waals surface area contributed by atoms with Crippen molar-refractivity contribution in [3.8, 4) is 11.5 Å². The van der Waals surface area contributed by atoms with Gasteiger partial charge in [0.25, 0.3) is 5.91 Å². The number of carbonyl (C=O) groups is 1. The molecule has 0 saturated heterocycles. The summed E-state index contributed by atoms with van der Waals surface area (Å²) in [5, 5.41) is 3.87. The van der Waals surface area contributed by atoms with Gasteiger partial charge in [-0.15, -0.1) is 0 Å². The molecule has 0 atom stereocenters. The lowest BCUT2D eigenvalue weighted by molar-refractivity contribution is 0.100. The number of hydrogen-bond acceptors (Lipinski definition) is 5. The summed E-state index contributed by atoms with van der Waals surface area (Å²) in [6.07, 6.45) is 5.07. The van der Waals surface area contributed by atoms with Crippen LogP contribution in [-0.2, 0) is 6.42 Å². The Balaban J connectivity index is 1.68. The molecule has 1 radical (unpaired) electrons. The lowest BCUT2D eigenvalue weighted by Gasteiger charge is -1.99. The molecule has 115 valence electrons. The fraction of sp³-hybridized carbons (Fsp3) is 0.118. The van der Waals surface area contributed by atoms with Crippen LogP contribution in [0.15, 0.2) is 53.2 Å². The zero-order valence-corrected chi connectivity index (χ0v) is 12.3. The minimum atomic E-state index is -0.576. The molecule has 0 saturated carbocycles. The SMILES string of the molecule is NC(=O)c1cccnc1-c1noc([CH]CCc2ccccc2)n1. The Labute approximate surface area is 133 Å². The molecular weight excluding hydrogens is 292 g/mol. The van der Waals surface area contributed by atoms with Gasteiger partial charge in [0, 0.05) is 6.20 Å². The molecule has 0 aliphatic carbocycles. The van der Waals surface area contributed by atoms with Crippen LogP contribution in [0.4, 0.5) is 0 Å². The van der Waals surface area contributed by atoms with Crippen LogP contribution in [0.2, 0.25) is 0 Å². The number of hydrogen-bond donors (Lipinski definition) is 1. The van der Waals surface area contributed by atoms with Crippen LogP contribution in [0.3, 0.4) is 0 Å². The van der Waals surface area contributed by atoms with E-state index in [1.807, 2.05) is 24.6 Å². The van der Waals surface area contributed by atoms with E-state index in [2.05, 4.69) is 27.3 Å². The smallest absolute Gasteiger partial charge is 0.251 e. The molecule has 3 rings (SSSR count). The van der Waals surface area contributed by atoms with Crippen LogP contribution in [0.25, 0.3) is 11.5 Å². The van der Waals surface area contributed by atoms with E-state index in [-0.39, 0.29) is 11.4 Å². The number of carbonyl (C=O) groups excluding carboxylic acids is 1. The molecule has 2 heterocycles. The lowest BCUT2D eigenvalue weighted by atomic mass is 10.1. The monoisotopic (exact) mass is 307 g/mol. The van der Waals surface area contributed by atoms with Gasteiger partial charge in [0.1, 0.15) is 5.69 Å². The minimum absolute atomic E-state index is 0.255. The van der Waals surface area contributed by atoms with Crippen molar-refractivity contribution in [1.29, 1.82) is 0 Å². The van der Waals surface area contributed by atoms with Gasteiger partial charge >= 0.3 is 0 Å². The zero-order valence-electron chi connectivity index (χ0n) is 12.3. The molecule has 6 heteroatoms.